The summed E-state index contributed by atoms with van der Waals surface area (Å²) in [5.74, 6) is -0.283. The molecule has 1 aromatic heterocycles. The topological polar surface area (TPSA) is 48.4 Å². The molecule has 0 bridgehead atoms. The Bertz CT molecular complexity index is 675. The summed E-state index contributed by atoms with van der Waals surface area (Å²) in [5, 5.41) is 0.963. The summed E-state index contributed by atoms with van der Waals surface area (Å²) in [5.41, 5.74) is 3.34. The molecule has 3 rings (SSSR count). The van der Waals surface area contributed by atoms with Gasteiger partial charge in [-0.05, 0) is 31.5 Å². The van der Waals surface area contributed by atoms with E-state index in [1.165, 1.54) is 0 Å². The zero-order valence-corrected chi connectivity index (χ0v) is 12.4. The van der Waals surface area contributed by atoms with E-state index < -0.39 is 0 Å². The third-order valence-electron chi connectivity index (χ3n) is 3.83. The minimum atomic E-state index is -0.283. The molecule has 0 aliphatic carbocycles. The summed E-state index contributed by atoms with van der Waals surface area (Å²) >= 11 is 0. The first kappa shape index (κ1) is 14.0. The van der Waals surface area contributed by atoms with Crippen molar-refractivity contribution >= 4 is 16.9 Å². The number of rotatable bonds is 2. The predicted octanol–water partition coefficient (Wildman–Crippen LogP) is 3.19. The van der Waals surface area contributed by atoms with Crippen molar-refractivity contribution in [2.45, 2.75) is 32.8 Å². The molecule has 0 amide bonds. The van der Waals surface area contributed by atoms with Crippen LogP contribution in [0.5, 0.6) is 0 Å². The molecule has 0 radical (unpaired) electrons. The number of nitrogens with zero attached hydrogens (tertiary/aromatic N) is 1. The Labute approximate surface area is 124 Å². The van der Waals surface area contributed by atoms with Crippen molar-refractivity contribution in [1.82, 2.24) is 4.98 Å². The van der Waals surface area contributed by atoms with Crippen molar-refractivity contribution in [1.29, 1.82) is 0 Å². The summed E-state index contributed by atoms with van der Waals surface area (Å²) in [7, 11) is 0. The minimum Gasteiger partial charge on any atom is -0.459 e. The van der Waals surface area contributed by atoms with Crippen LogP contribution in [0.4, 0.5) is 0 Å². The van der Waals surface area contributed by atoms with Gasteiger partial charge in [-0.25, -0.2) is 4.79 Å². The maximum absolute atomic E-state index is 12.3. The van der Waals surface area contributed by atoms with Gasteiger partial charge in [0.05, 0.1) is 30.0 Å². The molecule has 4 heteroatoms. The van der Waals surface area contributed by atoms with Gasteiger partial charge in [0.15, 0.2) is 0 Å². The number of ether oxygens (including phenoxy) is 2. The molecule has 2 aromatic rings. The third kappa shape index (κ3) is 3.05. The van der Waals surface area contributed by atoms with Crippen LogP contribution in [-0.2, 0) is 9.47 Å². The van der Waals surface area contributed by atoms with E-state index in [-0.39, 0.29) is 12.1 Å². The minimum absolute atomic E-state index is 0.0423. The number of aryl methyl sites for hydroxylation is 2. The lowest BCUT2D eigenvalue weighted by Crippen LogP contribution is -2.26. The largest absolute Gasteiger partial charge is 0.459 e. The van der Waals surface area contributed by atoms with Gasteiger partial charge in [-0.3, -0.25) is 4.98 Å². The molecule has 4 nitrogen and oxygen atoms in total. The van der Waals surface area contributed by atoms with Gasteiger partial charge < -0.3 is 9.47 Å². The molecule has 0 unspecified atom stereocenters. The number of aromatic nitrogens is 1. The van der Waals surface area contributed by atoms with Crippen LogP contribution >= 0.6 is 0 Å². The maximum atomic E-state index is 12.3. The smallest absolute Gasteiger partial charge is 0.340 e. The van der Waals surface area contributed by atoms with Gasteiger partial charge in [-0.2, -0.15) is 0 Å². The lowest BCUT2D eigenvalue weighted by molar-refractivity contribution is -0.0159. The van der Waals surface area contributed by atoms with E-state index in [1.54, 1.807) is 0 Å². The fourth-order valence-corrected chi connectivity index (χ4v) is 2.59. The van der Waals surface area contributed by atoms with E-state index in [0.717, 1.165) is 29.3 Å². The van der Waals surface area contributed by atoms with Gasteiger partial charge in [0.1, 0.15) is 6.10 Å². The molecular weight excluding hydrogens is 266 g/mol. The van der Waals surface area contributed by atoms with Gasteiger partial charge in [0.25, 0.3) is 0 Å². The van der Waals surface area contributed by atoms with Crippen LogP contribution in [0.25, 0.3) is 10.9 Å². The molecule has 1 aromatic carbocycles. The highest BCUT2D eigenvalue weighted by Gasteiger charge is 2.21. The van der Waals surface area contributed by atoms with Gasteiger partial charge in [0, 0.05) is 18.2 Å². The van der Waals surface area contributed by atoms with Crippen molar-refractivity contribution < 1.29 is 14.3 Å². The van der Waals surface area contributed by atoms with E-state index >= 15 is 0 Å². The van der Waals surface area contributed by atoms with Crippen LogP contribution in [0, 0.1) is 13.8 Å². The number of pyridine rings is 1. The second kappa shape index (κ2) is 5.82. The van der Waals surface area contributed by atoms with E-state index in [1.807, 2.05) is 38.1 Å². The van der Waals surface area contributed by atoms with Crippen molar-refractivity contribution in [2.24, 2.45) is 0 Å². The van der Waals surface area contributed by atoms with Gasteiger partial charge in [0.2, 0.25) is 0 Å². The first-order valence-corrected chi connectivity index (χ1v) is 7.30. The molecule has 110 valence electrons. The number of hydrogen-bond acceptors (Lipinski definition) is 4. The Balaban J connectivity index is 1.86. The number of fused-ring (bicyclic) bond motifs is 1. The maximum Gasteiger partial charge on any atom is 0.340 e. The average molecular weight is 285 g/mol. The van der Waals surface area contributed by atoms with Crippen LogP contribution < -0.4 is 0 Å². The Morgan fingerprint density at radius 1 is 1.24 bits per heavy atom. The van der Waals surface area contributed by atoms with Crippen LogP contribution in [0.2, 0.25) is 0 Å². The van der Waals surface area contributed by atoms with Crippen LogP contribution in [-0.4, -0.2) is 30.3 Å². The van der Waals surface area contributed by atoms with Crippen LogP contribution in [0.15, 0.2) is 24.3 Å². The third-order valence-corrected chi connectivity index (χ3v) is 3.83. The van der Waals surface area contributed by atoms with Crippen molar-refractivity contribution in [3.8, 4) is 0 Å². The molecule has 1 saturated heterocycles. The lowest BCUT2D eigenvalue weighted by Gasteiger charge is -2.22. The lowest BCUT2D eigenvalue weighted by atomic mass is 10.1. The Morgan fingerprint density at radius 3 is 2.76 bits per heavy atom. The zero-order chi connectivity index (χ0) is 14.8. The number of esters is 1. The fraction of sp³-hybridized carbons (Fsp3) is 0.412. The summed E-state index contributed by atoms with van der Waals surface area (Å²) in [6.07, 6.45) is 1.50. The first-order chi connectivity index (χ1) is 10.1. The number of benzene rings is 1. The molecule has 21 heavy (non-hydrogen) atoms. The van der Waals surface area contributed by atoms with Gasteiger partial charge >= 0.3 is 5.97 Å². The zero-order valence-electron chi connectivity index (χ0n) is 12.4. The van der Waals surface area contributed by atoms with E-state index in [2.05, 4.69) is 4.98 Å². The molecule has 0 N–H and O–H groups in total. The highest BCUT2D eigenvalue weighted by atomic mass is 16.6. The summed E-state index contributed by atoms with van der Waals surface area (Å²) in [6, 6.07) is 7.91. The van der Waals surface area contributed by atoms with E-state index in [9.17, 15) is 4.79 Å². The first-order valence-electron chi connectivity index (χ1n) is 7.30. The van der Waals surface area contributed by atoms with E-state index in [4.69, 9.17) is 9.47 Å². The number of carbonyl (C=O) groups excluding carboxylic acids is 1. The summed E-state index contributed by atoms with van der Waals surface area (Å²) in [6.45, 7) is 5.20. The Hall–Kier alpha value is -1.94. The van der Waals surface area contributed by atoms with Gasteiger partial charge in [-0.15, -0.1) is 0 Å². The quantitative estimate of drug-likeness (QED) is 0.795. The van der Waals surface area contributed by atoms with Crippen LogP contribution in [0.1, 0.15) is 34.5 Å². The summed E-state index contributed by atoms with van der Waals surface area (Å²) < 4.78 is 10.8. The monoisotopic (exact) mass is 285 g/mol. The molecule has 0 saturated carbocycles. The van der Waals surface area contributed by atoms with Crippen LogP contribution in [0.3, 0.4) is 0 Å². The summed E-state index contributed by atoms with van der Waals surface area (Å²) in [4.78, 5) is 16.9. The molecular formula is C17H19NO3. The molecule has 1 aliphatic rings. The molecule has 0 spiro atoms. The molecule has 0 atom stereocenters. The van der Waals surface area contributed by atoms with Crippen molar-refractivity contribution in [3.63, 3.8) is 0 Å². The Kier molecular flexibility index (Phi) is 3.88. The molecule has 1 fully saturated rings. The number of hydrogen-bond donors (Lipinski definition) is 0. The molecule has 1 aliphatic heterocycles. The number of carbonyl (C=O) groups is 1. The van der Waals surface area contributed by atoms with E-state index in [0.29, 0.717) is 24.5 Å². The van der Waals surface area contributed by atoms with Crippen molar-refractivity contribution in [2.75, 3.05) is 13.2 Å². The Morgan fingerprint density at radius 2 is 2.00 bits per heavy atom. The highest BCUT2D eigenvalue weighted by Crippen LogP contribution is 2.20. The second-order valence-electron chi connectivity index (χ2n) is 5.53. The predicted molar refractivity (Wildman–Crippen MR) is 80.5 cm³/mol. The molecule has 2 heterocycles. The second-order valence-corrected chi connectivity index (χ2v) is 5.53. The standard InChI is InChI=1S/C17H19NO3/c1-11-3-4-13-10-15(12(2)18-16(13)9-11)17(19)21-14-5-7-20-8-6-14/h3-4,9-10,14H,5-8H2,1-2H3. The SMILES string of the molecule is Cc1ccc2cc(C(=O)OC3CCOCC3)c(C)nc2c1. The average Bonchev–Trinajstić information content (AvgIpc) is 2.47. The normalized spacial score (nSPS) is 16.1. The fourth-order valence-electron chi connectivity index (χ4n) is 2.59. The highest BCUT2D eigenvalue weighted by molar-refractivity contribution is 5.95. The van der Waals surface area contributed by atoms with Gasteiger partial charge in [-0.1, -0.05) is 12.1 Å². The van der Waals surface area contributed by atoms with Crippen molar-refractivity contribution in [3.05, 3.63) is 41.1 Å².